The van der Waals surface area contributed by atoms with Crippen LogP contribution in [-0.2, 0) is 16.0 Å². The van der Waals surface area contributed by atoms with E-state index >= 15 is 8.78 Å². The summed E-state index contributed by atoms with van der Waals surface area (Å²) < 4.78 is 58.9. The molecule has 5 heterocycles. The molecule has 0 saturated carbocycles. The number of benzene rings is 1. The van der Waals surface area contributed by atoms with Gasteiger partial charge in [0.25, 0.3) is 0 Å². The molecular weight excluding hydrogens is 673 g/mol. The number of rotatable bonds is 9. The normalized spacial score (nSPS) is 26.7. The van der Waals surface area contributed by atoms with Gasteiger partial charge in [0.1, 0.15) is 29.9 Å². The Labute approximate surface area is 302 Å². The molecule has 0 unspecified atom stereocenters. The van der Waals surface area contributed by atoms with Crippen LogP contribution < -0.4 is 9.64 Å². The molecule has 1 aliphatic carbocycles. The van der Waals surface area contributed by atoms with Crippen molar-refractivity contribution in [3.05, 3.63) is 65.0 Å². The van der Waals surface area contributed by atoms with Gasteiger partial charge in [-0.05, 0) is 68.7 Å². The standard InChI is InChI=1S/C39H45F3N6O4/c1-5-28-31(41)10-9-23-16-27(49)17-29(33(23)28)35-34(42)36-30(19-43-35)37(46(4)21-26-8-7-13-47(26)32(50)6-2)45-38(44-36)52-22-39(3)18-24(40)20-48(39)25-11-14-51-15-12-25/h1,6,9-10,19,24-27,29,49H,2,7-8,11-18,20-22H2,3-4H3/t24-,26+,27-,29+,39+/m1/s1. The summed E-state index contributed by atoms with van der Waals surface area (Å²) in [5, 5.41) is 11.1. The first kappa shape index (κ1) is 36.1. The van der Waals surface area contributed by atoms with E-state index in [-0.39, 0.29) is 73.2 Å². The maximum absolute atomic E-state index is 17.0. The maximum atomic E-state index is 17.0. The number of pyridine rings is 1. The first-order valence-corrected chi connectivity index (χ1v) is 18.1. The first-order chi connectivity index (χ1) is 25.0. The summed E-state index contributed by atoms with van der Waals surface area (Å²) in [4.78, 5) is 32.3. The van der Waals surface area contributed by atoms with Gasteiger partial charge >= 0.3 is 6.01 Å². The minimum atomic E-state index is -1.03. The van der Waals surface area contributed by atoms with Gasteiger partial charge in [0, 0.05) is 70.5 Å². The van der Waals surface area contributed by atoms with Gasteiger partial charge in [0.15, 0.2) is 5.82 Å². The summed E-state index contributed by atoms with van der Waals surface area (Å²) in [5.74, 6) is 0.402. The Bertz CT molecular complexity index is 1900. The number of nitrogens with zero attached hydrogens (tertiary/aromatic N) is 6. The van der Waals surface area contributed by atoms with Crippen molar-refractivity contribution in [2.45, 2.75) is 87.7 Å². The zero-order valence-electron chi connectivity index (χ0n) is 29.7. The average molecular weight is 719 g/mol. The van der Waals surface area contributed by atoms with Crippen molar-refractivity contribution in [1.82, 2.24) is 24.8 Å². The van der Waals surface area contributed by atoms with E-state index in [9.17, 15) is 14.3 Å². The maximum Gasteiger partial charge on any atom is 0.319 e. The molecule has 3 fully saturated rings. The third-order valence-corrected chi connectivity index (χ3v) is 11.3. The quantitative estimate of drug-likeness (QED) is 0.249. The molecule has 2 aromatic heterocycles. The molecule has 52 heavy (non-hydrogen) atoms. The number of halogens is 3. The van der Waals surface area contributed by atoms with E-state index in [1.165, 1.54) is 18.3 Å². The molecule has 0 bridgehead atoms. The van der Waals surface area contributed by atoms with Crippen LogP contribution in [0.5, 0.6) is 6.01 Å². The number of terminal acetylenes is 1. The van der Waals surface area contributed by atoms with Crippen LogP contribution in [0.1, 0.15) is 73.8 Å². The predicted octanol–water partition coefficient (Wildman–Crippen LogP) is 4.70. The van der Waals surface area contributed by atoms with Gasteiger partial charge in [-0.1, -0.05) is 18.6 Å². The summed E-state index contributed by atoms with van der Waals surface area (Å²) in [6.45, 7) is 8.19. The number of aromatic nitrogens is 3. The zero-order valence-corrected chi connectivity index (χ0v) is 29.7. The van der Waals surface area contributed by atoms with Gasteiger partial charge in [-0.2, -0.15) is 9.97 Å². The lowest BCUT2D eigenvalue weighted by atomic mass is 9.77. The molecule has 4 aliphatic rings. The van der Waals surface area contributed by atoms with Crippen LogP contribution in [0.3, 0.4) is 0 Å². The number of likely N-dealkylation sites (N-methyl/N-ethyl adjacent to an activating group) is 1. The molecule has 0 radical (unpaired) electrons. The molecule has 7 rings (SSSR count). The van der Waals surface area contributed by atoms with E-state index < -0.39 is 35.4 Å². The van der Waals surface area contributed by atoms with Crippen LogP contribution in [0.25, 0.3) is 10.9 Å². The number of alkyl halides is 1. The number of aliphatic hydroxyl groups excluding tert-OH is 1. The van der Waals surface area contributed by atoms with Crippen molar-refractivity contribution >= 4 is 22.6 Å². The van der Waals surface area contributed by atoms with E-state index in [4.69, 9.17) is 20.9 Å². The number of hydrogen-bond donors (Lipinski definition) is 1. The van der Waals surface area contributed by atoms with Crippen LogP contribution >= 0.6 is 0 Å². The van der Waals surface area contributed by atoms with Crippen LogP contribution in [0, 0.1) is 24.0 Å². The Morgan fingerprint density at radius 1 is 1.27 bits per heavy atom. The minimum Gasteiger partial charge on any atom is -0.461 e. The number of likely N-dealkylation sites (tertiary alicyclic amines) is 2. The Morgan fingerprint density at radius 2 is 2.06 bits per heavy atom. The lowest BCUT2D eigenvalue weighted by Gasteiger charge is -2.41. The van der Waals surface area contributed by atoms with Crippen molar-refractivity contribution < 1.29 is 32.5 Å². The summed E-state index contributed by atoms with van der Waals surface area (Å²) in [5.41, 5.74) is 0.317. The molecule has 1 aromatic carbocycles. The van der Waals surface area contributed by atoms with Crippen LogP contribution in [0.2, 0.25) is 0 Å². The molecule has 3 aromatic rings. The van der Waals surface area contributed by atoms with E-state index in [0.29, 0.717) is 48.6 Å². The monoisotopic (exact) mass is 718 g/mol. The highest BCUT2D eigenvalue weighted by Crippen LogP contribution is 2.42. The smallest absolute Gasteiger partial charge is 0.319 e. The fourth-order valence-electron chi connectivity index (χ4n) is 8.85. The highest BCUT2D eigenvalue weighted by molar-refractivity contribution is 5.90. The van der Waals surface area contributed by atoms with E-state index in [1.807, 2.05) is 11.8 Å². The topological polar surface area (TPSA) is 104 Å². The molecular formula is C39H45F3N6O4. The van der Waals surface area contributed by atoms with Crippen LogP contribution in [0.15, 0.2) is 31.0 Å². The van der Waals surface area contributed by atoms with E-state index in [2.05, 4.69) is 27.4 Å². The molecule has 3 aliphatic heterocycles. The fourth-order valence-corrected chi connectivity index (χ4v) is 8.85. The summed E-state index contributed by atoms with van der Waals surface area (Å²) >= 11 is 0. The second-order valence-electron chi connectivity index (χ2n) is 14.8. The average Bonchev–Trinajstić information content (AvgIpc) is 3.73. The number of ether oxygens (including phenoxy) is 2. The summed E-state index contributed by atoms with van der Waals surface area (Å²) in [6.07, 6.45) is 10.5. The molecule has 3 saturated heterocycles. The highest BCUT2D eigenvalue weighted by atomic mass is 19.1. The molecule has 0 spiro atoms. The van der Waals surface area contributed by atoms with Crippen LogP contribution in [-0.4, -0.2) is 112 Å². The third kappa shape index (κ3) is 6.72. The van der Waals surface area contributed by atoms with Gasteiger partial charge in [-0.3, -0.25) is 14.7 Å². The van der Waals surface area contributed by atoms with Crippen molar-refractivity contribution in [2.24, 2.45) is 0 Å². The Morgan fingerprint density at radius 3 is 2.81 bits per heavy atom. The number of hydrogen-bond acceptors (Lipinski definition) is 9. The second kappa shape index (κ2) is 14.6. The molecule has 276 valence electrons. The number of carbonyl (C=O) groups excluding carboxylic acids is 1. The van der Waals surface area contributed by atoms with Gasteiger partial charge in [-0.15, -0.1) is 6.42 Å². The number of amides is 1. The highest BCUT2D eigenvalue weighted by Gasteiger charge is 2.46. The van der Waals surface area contributed by atoms with E-state index in [1.54, 1.807) is 18.0 Å². The van der Waals surface area contributed by atoms with Crippen LogP contribution in [0.4, 0.5) is 19.0 Å². The van der Waals surface area contributed by atoms with Crippen molar-refractivity contribution in [3.63, 3.8) is 0 Å². The summed E-state index contributed by atoms with van der Waals surface area (Å²) in [7, 11) is 1.81. The zero-order chi connectivity index (χ0) is 36.7. The molecule has 10 nitrogen and oxygen atoms in total. The number of carbonyl (C=O) groups is 1. The number of anilines is 1. The Hall–Kier alpha value is -4.25. The molecule has 5 atom stereocenters. The Balaban J connectivity index is 1.29. The minimum absolute atomic E-state index is 0.0167. The lowest BCUT2D eigenvalue weighted by molar-refractivity contribution is -0.126. The second-order valence-corrected chi connectivity index (χ2v) is 14.8. The van der Waals surface area contributed by atoms with Gasteiger partial charge in [0.2, 0.25) is 5.91 Å². The summed E-state index contributed by atoms with van der Waals surface area (Å²) in [6, 6.07) is 2.75. The fraction of sp³-hybridized carbons (Fsp3) is 0.538. The lowest BCUT2D eigenvalue weighted by Crippen LogP contribution is -2.52. The van der Waals surface area contributed by atoms with Crippen molar-refractivity contribution in [1.29, 1.82) is 0 Å². The molecule has 13 heteroatoms. The van der Waals surface area contributed by atoms with Crippen molar-refractivity contribution in [2.75, 3.05) is 51.4 Å². The first-order valence-electron chi connectivity index (χ1n) is 18.1. The van der Waals surface area contributed by atoms with Gasteiger partial charge in [0.05, 0.1) is 28.3 Å². The van der Waals surface area contributed by atoms with Gasteiger partial charge in [-0.25, -0.2) is 13.2 Å². The largest absolute Gasteiger partial charge is 0.461 e. The van der Waals surface area contributed by atoms with Gasteiger partial charge < -0.3 is 24.4 Å². The number of fused-ring (bicyclic) bond motifs is 2. The molecule has 1 N–H and O–H groups in total. The molecule has 1 amide bonds. The van der Waals surface area contributed by atoms with E-state index in [0.717, 1.165) is 25.7 Å². The SMILES string of the molecule is C#Cc1c(F)ccc2c1[C@@H](c1ncc3c(N(C)C[C@@H]4CCCN4C(=O)C=C)nc(OC[C@]4(C)C[C@@H](F)CN4C4CCOCC4)nc3c1F)C[C@H](O)C2. The third-order valence-electron chi connectivity index (χ3n) is 11.3. The Kier molecular flexibility index (Phi) is 10.2. The predicted molar refractivity (Wildman–Crippen MR) is 190 cm³/mol. The number of aliphatic hydroxyl groups is 1. The van der Waals surface area contributed by atoms with Crippen molar-refractivity contribution in [3.8, 4) is 18.4 Å².